The van der Waals surface area contributed by atoms with E-state index in [1.165, 1.54) is 0 Å². The quantitative estimate of drug-likeness (QED) is 0.803. The normalized spacial score (nSPS) is 12.1. The molecule has 1 atom stereocenters. The maximum Gasteiger partial charge on any atom is 0.230 e. The highest BCUT2D eigenvalue weighted by molar-refractivity contribution is 7.99. The Bertz CT molecular complexity index is 333. The summed E-state index contributed by atoms with van der Waals surface area (Å²) in [5.74, 6) is 1.43. The maximum atomic E-state index is 11.6. The molecule has 0 radical (unpaired) electrons. The first-order chi connectivity index (χ1) is 8.27. The highest BCUT2D eigenvalue weighted by Gasteiger charge is 2.14. The largest absolute Gasteiger partial charge is 0.382 e. The van der Waals surface area contributed by atoms with E-state index in [1.54, 1.807) is 25.1 Å². The number of ether oxygens (including phenoxy) is 1. The molecule has 0 unspecified atom stereocenters. The Morgan fingerprint density at radius 3 is 3.00 bits per heavy atom. The van der Waals surface area contributed by atoms with Crippen molar-refractivity contribution in [1.82, 2.24) is 10.3 Å². The lowest BCUT2D eigenvalue weighted by Crippen LogP contribution is -2.33. The second-order valence-electron chi connectivity index (χ2n) is 3.47. The van der Waals surface area contributed by atoms with Gasteiger partial charge in [0.1, 0.15) is 0 Å². The fraction of sp³-hybridized carbons (Fsp3) is 0.500. The third kappa shape index (κ3) is 5.19. The number of amides is 1. The summed E-state index contributed by atoms with van der Waals surface area (Å²) in [6.07, 6.45) is 1.71. The second kappa shape index (κ2) is 8.08. The van der Waals surface area contributed by atoms with Crippen LogP contribution in [0.25, 0.3) is 0 Å². The van der Waals surface area contributed by atoms with Crippen LogP contribution in [0.3, 0.4) is 0 Å². The molecule has 0 spiro atoms. The molecule has 0 saturated heterocycles. The molecule has 1 aromatic heterocycles. The summed E-state index contributed by atoms with van der Waals surface area (Å²) in [4.78, 5) is 15.9. The standard InChI is InChI=1S/C12H18N2O2S/c1-3-17-9-12(15)14-11(8-16-2)10-6-4-5-7-13-10/h4-7,11H,3,8-9H2,1-2H3,(H,14,15)/t11-/m1/s1. The number of nitrogens with zero attached hydrogens (tertiary/aromatic N) is 1. The third-order valence-corrected chi connectivity index (χ3v) is 3.03. The van der Waals surface area contributed by atoms with Gasteiger partial charge in [0, 0.05) is 13.3 Å². The molecular formula is C12H18N2O2S. The lowest BCUT2D eigenvalue weighted by molar-refractivity contribution is -0.119. The molecule has 1 aromatic rings. The summed E-state index contributed by atoms with van der Waals surface area (Å²) in [6.45, 7) is 2.46. The number of hydrogen-bond acceptors (Lipinski definition) is 4. The molecule has 5 heteroatoms. The van der Waals surface area contributed by atoms with Gasteiger partial charge < -0.3 is 10.1 Å². The van der Waals surface area contributed by atoms with Gasteiger partial charge in [0.15, 0.2) is 0 Å². The van der Waals surface area contributed by atoms with Crippen LogP contribution in [-0.4, -0.2) is 36.1 Å². The average molecular weight is 254 g/mol. The average Bonchev–Trinajstić information content (AvgIpc) is 2.37. The molecule has 0 fully saturated rings. The van der Waals surface area contributed by atoms with Crippen molar-refractivity contribution >= 4 is 17.7 Å². The number of aromatic nitrogens is 1. The highest BCUT2D eigenvalue weighted by atomic mass is 32.2. The lowest BCUT2D eigenvalue weighted by Gasteiger charge is -2.17. The van der Waals surface area contributed by atoms with Crippen LogP contribution in [-0.2, 0) is 9.53 Å². The molecular weight excluding hydrogens is 236 g/mol. The van der Waals surface area contributed by atoms with Crippen LogP contribution in [0.4, 0.5) is 0 Å². The Labute approximate surface area is 106 Å². The second-order valence-corrected chi connectivity index (χ2v) is 4.74. The van der Waals surface area contributed by atoms with E-state index in [-0.39, 0.29) is 11.9 Å². The Morgan fingerprint density at radius 1 is 1.59 bits per heavy atom. The van der Waals surface area contributed by atoms with Gasteiger partial charge in [-0.25, -0.2) is 0 Å². The third-order valence-electron chi connectivity index (χ3n) is 2.15. The zero-order valence-electron chi connectivity index (χ0n) is 10.2. The number of rotatable bonds is 7. The van der Waals surface area contributed by atoms with E-state index in [0.717, 1.165) is 11.4 Å². The number of thioether (sulfide) groups is 1. The van der Waals surface area contributed by atoms with Crippen molar-refractivity contribution in [2.45, 2.75) is 13.0 Å². The molecule has 1 heterocycles. The van der Waals surface area contributed by atoms with E-state index in [4.69, 9.17) is 4.74 Å². The summed E-state index contributed by atoms with van der Waals surface area (Å²) >= 11 is 1.60. The van der Waals surface area contributed by atoms with Gasteiger partial charge in [-0.3, -0.25) is 9.78 Å². The number of methoxy groups -OCH3 is 1. The van der Waals surface area contributed by atoms with Crippen molar-refractivity contribution in [3.8, 4) is 0 Å². The molecule has 17 heavy (non-hydrogen) atoms. The predicted molar refractivity (Wildman–Crippen MR) is 70.0 cm³/mol. The molecule has 0 saturated carbocycles. The summed E-state index contributed by atoms with van der Waals surface area (Å²) in [6, 6.07) is 5.46. The summed E-state index contributed by atoms with van der Waals surface area (Å²) in [5.41, 5.74) is 0.823. The summed E-state index contributed by atoms with van der Waals surface area (Å²) < 4.78 is 5.10. The number of nitrogens with one attached hydrogen (secondary N) is 1. The van der Waals surface area contributed by atoms with Gasteiger partial charge in [0.2, 0.25) is 5.91 Å². The van der Waals surface area contributed by atoms with E-state index in [2.05, 4.69) is 10.3 Å². The fourth-order valence-electron chi connectivity index (χ4n) is 1.38. The van der Waals surface area contributed by atoms with E-state index in [9.17, 15) is 4.79 Å². The monoisotopic (exact) mass is 254 g/mol. The topological polar surface area (TPSA) is 51.2 Å². The van der Waals surface area contributed by atoms with Gasteiger partial charge in [0.05, 0.1) is 24.1 Å². The van der Waals surface area contributed by atoms with Gasteiger partial charge >= 0.3 is 0 Å². The van der Waals surface area contributed by atoms with Gasteiger partial charge in [-0.2, -0.15) is 11.8 Å². The fourth-order valence-corrected chi connectivity index (χ4v) is 1.85. The minimum absolute atomic E-state index is 0.0181. The Balaban J connectivity index is 2.57. The molecule has 1 N–H and O–H groups in total. The van der Waals surface area contributed by atoms with Crippen LogP contribution >= 0.6 is 11.8 Å². The minimum Gasteiger partial charge on any atom is -0.382 e. The number of pyridine rings is 1. The first kappa shape index (κ1) is 14.0. The number of carbonyl (C=O) groups excluding carboxylic acids is 1. The van der Waals surface area contributed by atoms with Crippen LogP contribution in [0.1, 0.15) is 18.7 Å². The highest BCUT2D eigenvalue weighted by Crippen LogP contribution is 2.10. The van der Waals surface area contributed by atoms with Gasteiger partial charge in [0.25, 0.3) is 0 Å². The molecule has 0 aliphatic heterocycles. The summed E-state index contributed by atoms with van der Waals surface area (Å²) in [5, 5.41) is 2.92. The minimum atomic E-state index is -0.175. The van der Waals surface area contributed by atoms with Crippen molar-refractivity contribution in [3.05, 3.63) is 30.1 Å². The Kier molecular flexibility index (Phi) is 6.65. The number of hydrogen-bond donors (Lipinski definition) is 1. The van der Waals surface area contributed by atoms with Crippen molar-refractivity contribution in [3.63, 3.8) is 0 Å². The first-order valence-corrected chi connectivity index (χ1v) is 6.70. The lowest BCUT2D eigenvalue weighted by atomic mass is 10.2. The first-order valence-electron chi connectivity index (χ1n) is 5.55. The van der Waals surface area contributed by atoms with Gasteiger partial charge in [-0.1, -0.05) is 13.0 Å². The van der Waals surface area contributed by atoms with E-state index < -0.39 is 0 Å². The zero-order valence-corrected chi connectivity index (χ0v) is 11.0. The van der Waals surface area contributed by atoms with Gasteiger partial charge in [-0.05, 0) is 17.9 Å². The van der Waals surface area contributed by atoms with Crippen LogP contribution in [0, 0.1) is 0 Å². The molecule has 0 aliphatic carbocycles. The molecule has 1 rings (SSSR count). The predicted octanol–water partition coefficient (Wildman–Crippen LogP) is 1.64. The van der Waals surface area contributed by atoms with E-state index in [0.29, 0.717) is 12.4 Å². The van der Waals surface area contributed by atoms with Crippen LogP contribution in [0.2, 0.25) is 0 Å². The van der Waals surface area contributed by atoms with E-state index in [1.807, 2.05) is 25.1 Å². The number of carbonyl (C=O) groups is 1. The molecule has 0 aromatic carbocycles. The van der Waals surface area contributed by atoms with Crippen molar-refractivity contribution < 1.29 is 9.53 Å². The smallest absolute Gasteiger partial charge is 0.230 e. The molecule has 0 bridgehead atoms. The molecule has 0 aliphatic rings. The van der Waals surface area contributed by atoms with Crippen molar-refractivity contribution in [2.24, 2.45) is 0 Å². The van der Waals surface area contributed by atoms with Crippen molar-refractivity contribution in [1.29, 1.82) is 0 Å². The summed E-state index contributed by atoms with van der Waals surface area (Å²) in [7, 11) is 1.61. The molecule has 94 valence electrons. The van der Waals surface area contributed by atoms with E-state index >= 15 is 0 Å². The van der Waals surface area contributed by atoms with Crippen LogP contribution in [0.5, 0.6) is 0 Å². The SMILES string of the molecule is CCSCC(=O)N[C@H](COC)c1ccccn1. The van der Waals surface area contributed by atoms with Crippen LogP contribution < -0.4 is 5.32 Å². The zero-order chi connectivity index (χ0) is 12.5. The van der Waals surface area contributed by atoms with Crippen LogP contribution in [0.15, 0.2) is 24.4 Å². The Hall–Kier alpha value is -1.07. The Morgan fingerprint density at radius 2 is 2.41 bits per heavy atom. The maximum absolute atomic E-state index is 11.6. The molecule has 1 amide bonds. The van der Waals surface area contributed by atoms with Crippen molar-refractivity contribution in [2.75, 3.05) is 25.2 Å². The molecule has 4 nitrogen and oxygen atoms in total. The van der Waals surface area contributed by atoms with Gasteiger partial charge in [-0.15, -0.1) is 0 Å².